The van der Waals surface area contributed by atoms with Gasteiger partial charge in [-0.3, -0.25) is 0 Å². The molecule has 0 aromatic heterocycles. The monoisotopic (exact) mass is 246 g/mol. The molecule has 0 heterocycles. The summed E-state index contributed by atoms with van der Waals surface area (Å²) in [6.45, 7) is 3.89. The Morgan fingerprint density at radius 2 is 2.19 bits per heavy atom. The number of hydrogen-bond donors (Lipinski definition) is 1. The summed E-state index contributed by atoms with van der Waals surface area (Å²) < 4.78 is 18.3. The van der Waals surface area contributed by atoms with Crippen LogP contribution >= 0.6 is 11.6 Å². The summed E-state index contributed by atoms with van der Waals surface area (Å²) in [5, 5.41) is 0.0764. The van der Waals surface area contributed by atoms with Gasteiger partial charge in [0, 0.05) is 26.3 Å². The van der Waals surface area contributed by atoms with Crippen molar-refractivity contribution >= 4 is 23.0 Å². The van der Waals surface area contributed by atoms with E-state index in [1.165, 1.54) is 12.1 Å². The molecule has 0 saturated carbocycles. The van der Waals surface area contributed by atoms with Crippen LogP contribution in [-0.4, -0.2) is 26.8 Å². The summed E-state index contributed by atoms with van der Waals surface area (Å²) in [4.78, 5) is 1.89. The summed E-state index contributed by atoms with van der Waals surface area (Å²) in [6, 6.07) is 2.76. The number of nitrogen functional groups attached to an aromatic ring is 1. The predicted molar refractivity (Wildman–Crippen MR) is 65.6 cm³/mol. The average Bonchev–Trinajstić information content (AvgIpc) is 2.23. The number of anilines is 2. The fourth-order valence-electron chi connectivity index (χ4n) is 1.35. The molecule has 1 aromatic carbocycles. The molecule has 1 aromatic rings. The van der Waals surface area contributed by atoms with Crippen LogP contribution in [0.3, 0.4) is 0 Å². The van der Waals surface area contributed by atoms with Crippen molar-refractivity contribution in [2.75, 3.05) is 37.4 Å². The lowest BCUT2D eigenvalue weighted by Gasteiger charge is -2.21. The van der Waals surface area contributed by atoms with Gasteiger partial charge in [0.15, 0.2) is 0 Å². The fourth-order valence-corrected chi connectivity index (χ4v) is 1.51. The Labute approximate surface area is 99.9 Å². The van der Waals surface area contributed by atoms with Crippen molar-refractivity contribution in [1.82, 2.24) is 0 Å². The molecule has 1 rings (SSSR count). The first-order chi connectivity index (χ1) is 7.56. The van der Waals surface area contributed by atoms with Crippen molar-refractivity contribution in [1.29, 1.82) is 0 Å². The third-order valence-corrected chi connectivity index (χ3v) is 2.55. The molecule has 0 saturated heterocycles. The second-order valence-electron chi connectivity index (χ2n) is 3.44. The van der Waals surface area contributed by atoms with Gasteiger partial charge in [0.25, 0.3) is 0 Å². The van der Waals surface area contributed by atoms with Gasteiger partial charge in [-0.1, -0.05) is 11.6 Å². The SMILES string of the molecule is CCOCCN(C)c1cc(Cl)c(F)cc1N. The van der Waals surface area contributed by atoms with E-state index in [9.17, 15) is 4.39 Å². The van der Waals surface area contributed by atoms with Crippen molar-refractivity contribution in [2.45, 2.75) is 6.92 Å². The number of hydrogen-bond acceptors (Lipinski definition) is 3. The van der Waals surface area contributed by atoms with E-state index in [1.807, 2.05) is 18.9 Å². The number of rotatable bonds is 5. The Morgan fingerprint density at radius 1 is 1.50 bits per heavy atom. The molecule has 0 spiro atoms. The molecular formula is C11H16ClFN2O. The molecule has 0 atom stereocenters. The summed E-state index contributed by atoms with van der Waals surface area (Å²) in [5.74, 6) is -0.499. The Kier molecular flexibility index (Phi) is 4.83. The Hall–Kier alpha value is -1.00. The second-order valence-corrected chi connectivity index (χ2v) is 3.85. The minimum atomic E-state index is -0.499. The Bertz CT molecular complexity index is 360. The second kappa shape index (κ2) is 5.92. The van der Waals surface area contributed by atoms with Gasteiger partial charge < -0.3 is 15.4 Å². The van der Waals surface area contributed by atoms with Crippen LogP contribution in [0.25, 0.3) is 0 Å². The lowest BCUT2D eigenvalue weighted by molar-refractivity contribution is 0.154. The van der Waals surface area contributed by atoms with Gasteiger partial charge in [-0.05, 0) is 13.0 Å². The van der Waals surface area contributed by atoms with E-state index >= 15 is 0 Å². The van der Waals surface area contributed by atoms with Crippen molar-refractivity contribution < 1.29 is 9.13 Å². The van der Waals surface area contributed by atoms with E-state index in [2.05, 4.69) is 0 Å². The number of likely N-dealkylation sites (N-methyl/N-ethyl adjacent to an activating group) is 1. The van der Waals surface area contributed by atoms with E-state index in [4.69, 9.17) is 22.1 Å². The third-order valence-electron chi connectivity index (χ3n) is 2.26. The average molecular weight is 247 g/mol. The normalized spacial score (nSPS) is 10.5. The number of halogens is 2. The van der Waals surface area contributed by atoms with E-state index < -0.39 is 5.82 Å². The van der Waals surface area contributed by atoms with Gasteiger partial charge in [-0.25, -0.2) is 4.39 Å². The van der Waals surface area contributed by atoms with Crippen LogP contribution in [0.2, 0.25) is 5.02 Å². The first-order valence-corrected chi connectivity index (χ1v) is 5.47. The van der Waals surface area contributed by atoms with Crippen LogP contribution < -0.4 is 10.6 Å². The summed E-state index contributed by atoms with van der Waals surface area (Å²) >= 11 is 5.70. The summed E-state index contributed by atoms with van der Waals surface area (Å²) in [7, 11) is 1.86. The molecule has 0 unspecified atom stereocenters. The van der Waals surface area contributed by atoms with Crippen LogP contribution in [0, 0.1) is 5.82 Å². The molecule has 5 heteroatoms. The number of benzene rings is 1. The molecule has 0 fully saturated rings. The van der Waals surface area contributed by atoms with Gasteiger partial charge in [-0.15, -0.1) is 0 Å². The summed E-state index contributed by atoms with van der Waals surface area (Å²) in [5.41, 5.74) is 6.80. The lowest BCUT2D eigenvalue weighted by atomic mass is 10.2. The first kappa shape index (κ1) is 13.1. The standard InChI is InChI=1S/C11H16ClFN2O/c1-3-16-5-4-15(2)11-6-8(12)9(13)7-10(11)14/h6-7H,3-5,14H2,1-2H3. The maximum atomic E-state index is 13.1. The van der Waals surface area contributed by atoms with Crippen LogP contribution in [0.1, 0.15) is 6.92 Å². The Balaban J connectivity index is 2.75. The lowest BCUT2D eigenvalue weighted by Crippen LogP contribution is -2.23. The van der Waals surface area contributed by atoms with E-state index in [0.29, 0.717) is 31.1 Å². The highest BCUT2D eigenvalue weighted by Gasteiger charge is 2.09. The smallest absolute Gasteiger partial charge is 0.143 e. The van der Waals surface area contributed by atoms with Crippen LogP contribution in [0.4, 0.5) is 15.8 Å². The first-order valence-electron chi connectivity index (χ1n) is 5.09. The maximum absolute atomic E-state index is 13.1. The van der Waals surface area contributed by atoms with Crippen molar-refractivity contribution in [3.05, 3.63) is 23.0 Å². The number of ether oxygens (including phenoxy) is 1. The topological polar surface area (TPSA) is 38.5 Å². The number of nitrogens with two attached hydrogens (primary N) is 1. The Morgan fingerprint density at radius 3 is 2.81 bits per heavy atom. The molecule has 0 amide bonds. The highest BCUT2D eigenvalue weighted by atomic mass is 35.5. The van der Waals surface area contributed by atoms with Crippen LogP contribution in [-0.2, 0) is 4.74 Å². The number of nitrogens with zero attached hydrogens (tertiary/aromatic N) is 1. The van der Waals surface area contributed by atoms with Crippen LogP contribution in [0.5, 0.6) is 0 Å². The fraction of sp³-hybridized carbons (Fsp3) is 0.455. The van der Waals surface area contributed by atoms with E-state index in [-0.39, 0.29) is 5.02 Å². The van der Waals surface area contributed by atoms with Gasteiger partial charge in [0.1, 0.15) is 5.82 Å². The quantitative estimate of drug-likeness (QED) is 0.641. The summed E-state index contributed by atoms with van der Waals surface area (Å²) in [6.07, 6.45) is 0. The zero-order valence-electron chi connectivity index (χ0n) is 9.46. The molecular weight excluding hydrogens is 231 g/mol. The molecule has 16 heavy (non-hydrogen) atoms. The van der Waals surface area contributed by atoms with Crippen molar-refractivity contribution in [3.63, 3.8) is 0 Å². The maximum Gasteiger partial charge on any atom is 0.143 e. The molecule has 0 aliphatic heterocycles. The molecule has 0 aliphatic rings. The van der Waals surface area contributed by atoms with Crippen molar-refractivity contribution in [2.24, 2.45) is 0 Å². The highest BCUT2D eigenvalue weighted by Crippen LogP contribution is 2.28. The van der Waals surface area contributed by atoms with E-state index in [1.54, 1.807) is 0 Å². The van der Waals surface area contributed by atoms with Gasteiger partial charge in [-0.2, -0.15) is 0 Å². The van der Waals surface area contributed by atoms with E-state index in [0.717, 1.165) is 0 Å². The van der Waals surface area contributed by atoms with Crippen molar-refractivity contribution in [3.8, 4) is 0 Å². The molecule has 0 radical (unpaired) electrons. The molecule has 2 N–H and O–H groups in total. The molecule has 0 aliphatic carbocycles. The largest absolute Gasteiger partial charge is 0.397 e. The molecule has 0 bridgehead atoms. The zero-order chi connectivity index (χ0) is 12.1. The minimum absolute atomic E-state index is 0.0764. The minimum Gasteiger partial charge on any atom is -0.397 e. The van der Waals surface area contributed by atoms with Gasteiger partial charge in [0.2, 0.25) is 0 Å². The zero-order valence-corrected chi connectivity index (χ0v) is 10.2. The van der Waals surface area contributed by atoms with Gasteiger partial charge >= 0.3 is 0 Å². The third kappa shape index (κ3) is 3.25. The molecule has 90 valence electrons. The van der Waals surface area contributed by atoms with Crippen LogP contribution in [0.15, 0.2) is 12.1 Å². The van der Waals surface area contributed by atoms with Gasteiger partial charge in [0.05, 0.1) is 23.0 Å². The highest BCUT2D eigenvalue weighted by molar-refractivity contribution is 6.31. The predicted octanol–water partition coefficient (Wildman–Crippen LogP) is 2.53. The molecule has 3 nitrogen and oxygen atoms in total.